The third kappa shape index (κ3) is 3.10. The van der Waals surface area contributed by atoms with Crippen molar-refractivity contribution in [2.24, 2.45) is 5.73 Å². The van der Waals surface area contributed by atoms with Gasteiger partial charge in [-0.25, -0.2) is 0 Å². The van der Waals surface area contributed by atoms with Crippen molar-refractivity contribution in [3.63, 3.8) is 0 Å². The summed E-state index contributed by atoms with van der Waals surface area (Å²) in [6.45, 7) is 6.66. The molecule has 0 spiro atoms. The first-order chi connectivity index (χ1) is 9.44. The average Bonchev–Trinajstić information content (AvgIpc) is 2.38. The van der Waals surface area contributed by atoms with Crippen LogP contribution < -0.4 is 11.1 Å². The van der Waals surface area contributed by atoms with E-state index in [9.17, 15) is 0 Å². The summed E-state index contributed by atoms with van der Waals surface area (Å²) in [6.07, 6.45) is 2.28. The summed E-state index contributed by atoms with van der Waals surface area (Å²) in [5.74, 6) is 0. The molecule has 0 atom stereocenters. The van der Waals surface area contributed by atoms with Crippen molar-refractivity contribution in [1.29, 1.82) is 0 Å². The summed E-state index contributed by atoms with van der Waals surface area (Å²) in [7, 11) is 0. The summed E-state index contributed by atoms with van der Waals surface area (Å²) in [5.41, 5.74) is 7.96. The van der Waals surface area contributed by atoms with Crippen LogP contribution in [0.3, 0.4) is 0 Å². The number of fused-ring (bicyclic) bond motifs is 1. The van der Waals surface area contributed by atoms with Gasteiger partial charge in [0.1, 0.15) is 4.99 Å². The van der Waals surface area contributed by atoms with Crippen molar-refractivity contribution >= 4 is 33.7 Å². The van der Waals surface area contributed by atoms with Crippen molar-refractivity contribution in [2.75, 3.05) is 5.32 Å². The maximum atomic E-state index is 5.82. The number of nitrogens with one attached hydrogen (secondary N) is 1. The van der Waals surface area contributed by atoms with E-state index in [2.05, 4.69) is 44.3 Å². The van der Waals surface area contributed by atoms with E-state index in [1.165, 1.54) is 5.39 Å². The summed E-state index contributed by atoms with van der Waals surface area (Å²) in [6, 6.07) is 12.3. The van der Waals surface area contributed by atoms with Gasteiger partial charge in [0.05, 0.1) is 0 Å². The molecule has 0 aromatic heterocycles. The molecule has 0 saturated heterocycles. The molecule has 2 aromatic rings. The molecule has 0 aliphatic heterocycles. The number of hydrogen-bond donors (Lipinski definition) is 2. The number of hydrogen-bond acceptors (Lipinski definition) is 2. The first-order valence-corrected chi connectivity index (χ1v) is 7.45. The van der Waals surface area contributed by atoms with Gasteiger partial charge in [-0.05, 0) is 37.8 Å². The van der Waals surface area contributed by atoms with Gasteiger partial charge in [0.25, 0.3) is 0 Å². The lowest BCUT2D eigenvalue weighted by molar-refractivity contribution is 0.511. The Morgan fingerprint density at radius 2 is 1.80 bits per heavy atom. The van der Waals surface area contributed by atoms with Crippen LogP contribution >= 0.6 is 12.2 Å². The predicted molar refractivity (Wildman–Crippen MR) is 92.4 cm³/mol. The fraction of sp³-hybridized carbons (Fsp3) is 0.353. The highest BCUT2D eigenvalue weighted by Gasteiger charge is 2.17. The Morgan fingerprint density at radius 1 is 1.15 bits per heavy atom. The Labute approximate surface area is 126 Å². The Kier molecular flexibility index (Phi) is 4.29. The van der Waals surface area contributed by atoms with Gasteiger partial charge < -0.3 is 11.1 Å². The lowest BCUT2D eigenvalue weighted by atomic mass is 9.96. The molecule has 2 aromatic carbocycles. The van der Waals surface area contributed by atoms with Crippen molar-refractivity contribution < 1.29 is 0 Å². The van der Waals surface area contributed by atoms with E-state index in [0.717, 1.165) is 29.5 Å². The molecule has 2 nitrogen and oxygen atoms in total. The van der Waals surface area contributed by atoms with Crippen LogP contribution in [0.5, 0.6) is 0 Å². The second kappa shape index (κ2) is 5.80. The highest BCUT2D eigenvalue weighted by molar-refractivity contribution is 7.80. The van der Waals surface area contributed by atoms with Gasteiger partial charge in [0, 0.05) is 22.2 Å². The van der Waals surface area contributed by atoms with Crippen molar-refractivity contribution in [1.82, 2.24) is 0 Å². The van der Waals surface area contributed by atoms with Crippen LogP contribution in [0.15, 0.2) is 36.4 Å². The third-order valence-corrected chi connectivity index (χ3v) is 3.76. The molecule has 0 aliphatic carbocycles. The monoisotopic (exact) mass is 286 g/mol. The van der Waals surface area contributed by atoms with E-state index in [1.807, 2.05) is 18.2 Å². The Bertz CT molecular complexity index is 632. The highest BCUT2D eigenvalue weighted by Crippen LogP contribution is 2.29. The molecule has 0 heterocycles. The summed E-state index contributed by atoms with van der Waals surface area (Å²) in [5, 5.41) is 5.92. The molecule has 0 unspecified atom stereocenters. The van der Waals surface area contributed by atoms with Crippen LogP contribution in [0.4, 0.5) is 5.69 Å². The maximum absolute atomic E-state index is 5.82. The van der Waals surface area contributed by atoms with Crippen molar-refractivity contribution in [3.8, 4) is 0 Å². The zero-order chi connectivity index (χ0) is 14.8. The second-order valence-electron chi connectivity index (χ2n) is 5.83. The van der Waals surface area contributed by atoms with Crippen LogP contribution in [0, 0.1) is 0 Å². The van der Waals surface area contributed by atoms with Gasteiger partial charge in [-0.2, -0.15) is 0 Å². The van der Waals surface area contributed by atoms with E-state index < -0.39 is 0 Å². The van der Waals surface area contributed by atoms with Gasteiger partial charge in [0.2, 0.25) is 0 Å². The Balaban J connectivity index is 2.51. The molecule has 2 rings (SSSR count). The molecular formula is C17H22N2S. The maximum Gasteiger partial charge on any atom is 0.104 e. The fourth-order valence-electron chi connectivity index (χ4n) is 2.68. The topological polar surface area (TPSA) is 38.0 Å². The van der Waals surface area contributed by atoms with Gasteiger partial charge in [0.15, 0.2) is 0 Å². The predicted octanol–water partition coefficient (Wildman–Crippen LogP) is 4.46. The zero-order valence-corrected chi connectivity index (χ0v) is 13.2. The largest absolute Gasteiger partial charge is 0.389 e. The molecule has 0 radical (unpaired) electrons. The van der Waals surface area contributed by atoms with E-state index in [4.69, 9.17) is 18.0 Å². The molecule has 0 bridgehead atoms. The first kappa shape index (κ1) is 14.8. The molecule has 0 saturated carbocycles. The number of nitrogens with two attached hydrogens (primary N) is 1. The Morgan fingerprint density at radius 3 is 2.40 bits per heavy atom. The van der Waals surface area contributed by atoms with E-state index in [1.54, 1.807) is 0 Å². The standard InChI is InChI=1S/C17H22N2S/c1-4-11-17(2,3)19-15-10-9-14(16(18)20)12-7-5-6-8-13(12)15/h5-10,19H,4,11H2,1-3H3,(H2,18,20). The van der Waals surface area contributed by atoms with E-state index >= 15 is 0 Å². The van der Waals surface area contributed by atoms with Crippen LogP contribution in [0.2, 0.25) is 0 Å². The van der Waals surface area contributed by atoms with Gasteiger partial charge in [-0.15, -0.1) is 0 Å². The second-order valence-corrected chi connectivity index (χ2v) is 6.27. The minimum Gasteiger partial charge on any atom is -0.389 e. The van der Waals surface area contributed by atoms with Crippen molar-refractivity contribution in [2.45, 2.75) is 39.2 Å². The lowest BCUT2D eigenvalue weighted by Gasteiger charge is -2.28. The van der Waals surface area contributed by atoms with E-state index in [-0.39, 0.29) is 5.54 Å². The van der Waals surface area contributed by atoms with E-state index in [0.29, 0.717) is 4.99 Å². The molecule has 0 aliphatic rings. The lowest BCUT2D eigenvalue weighted by Crippen LogP contribution is -2.30. The third-order valence-electron chi connectivity index (χ3n) is 3.54. The minimum atomic E-state index is 0.0717. The molecule has 0 amide bonds. The molecule has 20 heavy (non-hydrogen) atoms. The van der Waals surface area contributed by atoms with Gasteiger partial charge >= 0.3 is 0 Å². The van der Waals surface area contributed by atoms with Crippen LogP contribution in [0.1, 0.15) is 39.2 Å². The van der Waals surface area contributed by atoms with Crippen LogP contribution in [-0.2, 0) is 0 Å². The fourth-order valence-corrected chi connectivity index (χ4v) is 2.85. The average molecular weight is 286 g/mol. The normalized spacial score (nSPS) is 11.6. The summed E-state index contributed by atoms with van der Waals surface area (Å²) >= 11 is 5.14. The van der Waals surface area contributed by atoms with Gasteiger partial charge in [-0.3, -0.25) is 0 Å². The zero-order valence-electron chi connectivity index (χ0n) is 12.4. The number of anilines is 1. The smallest absolute Gasteiger partial charge is 0.104 e. The van der Waals surface area contributed by atoms with Crippen LogP contribution in [0.25, 0.3) is 10.8 Å². The van der Waals surface area contributed by atoms with Gasteiger partial charge in [-0.1, -0.05) is 49.8 Å². The number of thiocarbonyl (C=S) groups is 1. The summed E-state index contributed by atoms with van der Waals surface area (Å²) < 4.78 is 0. The number of benzene rings is 2. The quantitative estimate of drug-likeness (QED) is 0.797. The molecule has 0 fully saturated rings. The minimum absolute atomic E-state index is 0.0717. The number of rotatable bonds is 5. The highest BCUT2D eigenvalue weighted by atomic mass is 32.1. The molecule has 3 N–H and O–H groups in total. The molecular weight excluding hydrogens is 264 g/mol. The molecule has 3 heteroatoms. The Hall–Kier alpha value is -1.61. The van der Waals surface area contributed by atoms with Crippen molar-refractivity contribution in [3.05, 3.63) is 42.0 Å². The summed E-state index contributed by atoms with van der Waals surface area (Å²) in [4.78, 5) is 0.445. The SMILES string of the molecule is CCCC(C)(C)Nc1ccc(C(N)=S)c2ccccc12. The molecule has 106 valence electrons. The first-order valence-electron chi connectivity index (χ1n) is 7.04. The van der Waals surface area contributed by atoms with Crippen LogP contribution in [-0.4, -0.2) is 10.5 Å².